The van der Waals surface area contributed by atoms with Crippen molar-refractivity contribution in [2.45, 2.75) is 19.3 Å². The topological polar surface area (TPSA) is 38.1 Å². The van der Waals surface area contributed by atoms with E-state index >= 15 is 0 Å². The van der Waals surface area contributed by atoms with Gasteiger partial charge in [-0.05, 0) is 31.4 Å². The molecule has 88 valence electrons. The molecule has 0 amide bonds. The Morgan fingerprint density at radius 1 is 1.29 bits per heavy atom. The molecule has 1 aliphatic heterocycles. The largest absolute Gasteiger partial charge is 0.354 e. The van der Waals surface area contributed by atoms with Crippen LogP contribution in [0.25, 0.3) is 11.3 Å². The molecule has 1 N–H and O–H groups in total. The number of nitrogens with zero attached hydrogens (tertiary/aromatic N) is 1. The predicted molar refractivity (Wildman–Crippen MR) is 63.3 cm³/mol. The molecule has 0 saturated carbocycles. The molecular formula is C13H13FN2O. The van der Waals surface area contributed by atoms with Gasteiger partial charge in [0, 0.05) is 17.7 Å². The normalized spacial score (nSPS) is 14.9. The van der Waals surface area contributed by atoms with Crippen LogP contribution in [0, 0.1) is 5.82 Å². The molecule has 0 aliphatic carbocycles. The fourth-order valence-corrected chi connectivity index (χ4v) is 2.17. The zero-order valence-corrected chi connectivity index (χ0v) is 9.37. The first-order valence-electron chi connectivity index (χ1n) is 5.83. The fourth-order valence-electron chi connectivity index (χ4n) is 2.17. The van der Waals surface area contributed by atoms with Crippen molar-refractivity contribution in [1.29, 1.82) is 0 Å². The third-order valence-electron chi connectivity index (χ3n) is 3.03. The maximum atomic E-state index is 13.2. The summed E-state index contributed by atoms with van der Waals surface area (Å²) in [5.74, 6) is 0.489. The van der Waals surface area contributed by atoms with E-state index in [0.717, 1.165) is 48.5 Å². The Morgan fingerprint density at radius 3 is 3.12 bits per heavy atom. The highest BCUT2D eigenvalue weighted by Crippen LogP contribution is 2.31. The molecule has 1 aliphatic rings. The van der Waals surface area contributed by atoms with Crippen molar-refractivity contribution >= 4 is 5.88 Å². The first kappa shape index (κ1) is 10.3. The minimum Gasteiger partial charge on any atom is -0.354 e. The zero-order chi connectivity index (χ0) is 11.7. The number of hydrogen-bond acceptors (Lipinski definition) is 3. The van der Waals surface area contributed by atoms with Gasteiger partial charge in [0.05, 0.1) is 0 Å². The van der Waals surface area contributed by atoms with Gasteiger partial charge in [0.25, 0.3) is 0 Å². The van der Waals surface area contributed by atoms with E-state index in [4.69, 9.17) is 4.52 Å². The molecule has 3 rings (SSSR count). The van der Waals surface area contributed by atoms with Crippen molar-refractivity contribution in [1.82, 2.24) is 5.16 Å². The van der Waals surface area contributed by atoms with Crippen molar-refractivity contribution in [2.75, 3.05) is 11.9 Å². The number of aromatic nitrogens is 1. The Bertz CT molecular complexity index is 536. The van der Waals surface area contributed by atoms with Crippen LogP contribution < -0.4 is 5.32 Å². The average Bonchev–Trinajstić information content (AvgIpc) is 2.59. The van der Waals surface area contributed by atoms with Gasteiger partial charge in [-0.3, -0.25) is 0 Å². The molecular weight excluding hydrogens is 219 g/mol. The molecule has 0 saturated heterocycles. The minimum absolute atomic E-state index is 0.249. The van der Waals surface area contributed by atoms with E-state index in [-0.39, 0.29) is 5.82 Å². The van der Waals surface area contributed by atoms with Crippen molar-refractivity contribution in [3.05, 3.63) is 35.6 Å². The van der Waals surface area contributed by atoms with E-state index in [1.54, 1.807) is 6.07 Å². The standard InChI is InChI=1S/C13H13FN2O/c14-10-5-3-4-9(8-10)12-11-6-1-2-7-15-13(11)17-16-12/h3-5,8,15H,1-2,6-7H2. The number of rotatable bonds is 1. The molecule has 1 aromatic heterocycles. The van der Waals surface area contributed by atoms with E-state index in [1.807, 2.05) is 6.07 Å². The van der Waals surface area contributed by atoms with Crippen LogP contribution in [0.5, 0.6) is 0 Å². The lowest BCUT2D eigenvalue weighted by atomic mass is 10.0. The number of benzene rings is 1. The van der Waals surface area contributed by atoms with Crippen LogP contribution in [0.3, 0.4) is 0 Å². The zero-order valence-electron chi connectivity index (χ0n) is 9.37. The van der Waals surface area contributed by atoms with Gasteiger partial charge in [-0.15, -0.1) is 0 Å². The second-order valence-corrected chi connectivity index (χ2v) is 4.23. The third-order valence-corrected chi connectivity index (χ3v) is 3.03. The van der Waals surface area contributed by atoms with Crippen molar-refractivity contribution in [3.8, 4) is 11.3 Å². The molecule has 17 heavy (non-hydrogen) atoms. The van der Waals surface area contributed by atoms with Crippen molar-refractivity contribution in [3.63, 3.8) is 0 Å². The summed E-state index contributed by atoms with van der Waals surface area (Å²) in [6.45, 7) is 0.908. The van der Waals surface area contributed by atoms with Crippen LogP contribution >= 0.6 is 0 Å². The summed E-state index contributed by atoms with van der Waals surface area (Å²) in [4.78, 5) is 0. The lowest BCUT2D eigenvalue weighted by Gasteiger charge is -2.00. The van der Waals surface area contributed by atoms with Crippen LogP contribution in [-0.2, 0) is 6.42 Å². The smallest absolute Gasteiger partial charge is 0.228 e. The van der Waals surface area contributed by atoms with E-state index in [0.29, 0.717) is 0 Å². The second kappa shape index (κ2) is 4.20. The Balaban J connectivity index is 2.06. The summed E-state index contributed by atoms with van der Waals surface area (Å²) in [5.41, 5.74) is 2.60. The van der Waals surface area contributed by atoms with Crippen LogP contribution in [-0.4, -0.2) is 11.7 Å². The van der Waals surface area contributed by atoms with E-state index < -0.39 is 0 Å². The number of hydrogen-bond donors (Lipinski definition) is 1. The lowest BCUT2D eigenvalue weighted by molar-refractivity contribution is 0.434. The van der Waals surface area contributed by atoms with E-state index in [1.165, 1.54) is 12.1 Å². The second-order valence-electron chi connectivity index (χ2n) is 4.23. The van der Waals surface area contributed by atoms with Gasteiger partial charge in [0.15, 0.2) is 0 Å². The molecule has 0 radical (unpaired) electrons. The highest BCUT2D eigenvalue weighted by Gasteiger charge is 2.19. The predicted octanol–water partition coefficient (Wildman–Crippen LogP) is 3.23. The van der Waals surface area contributed by atoms with E-state index in [2.05, 4.69) is 10.5 Å². The molecule has 2 aromatic rings. The molecule has 0 unspecified atom stereocenters. The molecule has 0 atom stereocenters. The van der Waals surface area contributed by atoms with Gasteiger partial charge >= 0.3 is 0 Å². The summed E-state index contributed by atoms with van der Waals surface area (Å²) >= 11 is 0. The molecule has 0 spiro atoms. The van der Waals surface area contributed by atoms with Crippen LogP contribution in [0.4, 0.5) is 10.3 Å². The first-order valence-corrected chi connectivity index (χ1v) is 5.83. The SMILES string of the molecule is Fc1cccc(-c2noc3c2CCCCN3)c1. The Hall–Kier alpha value is -1.84. The highest BCUT2D eigenvalue weighted by atomic mass is 19.1. The lowest BCUT2D eigenvalue weighted by Crippen LogP contribution is -1.97. The summed E-state index contributed by atoms with van der Waals surface area (Å²) in [6, 6.07) is 6.46. The van der Waals surface area contributed by atoms with Crippen molar-refractivity contribution in [2.24, 2.45) is 0 Å². The molecule has 4 heteroatoms. The molecule has 1 aromatic carbocycles. The Morgan fingerprint density at radius 2 is 2.24 bits per heavy atom. The summed E-state index contributed by atoms with van der Waals surface area (Å²) in [6.07, 6.45) is 3.15. The maximum absolute atomic E-state index is 13.2. The minimum atomic E-state index is -0.249. The Labute approximate surface area is 98.6 Å². The molecule has 2 heterocycles. The first-order chi connectivity index (χ1) is 8.34. The van der Waals surface area contributed by atoms with Gasteiger partial charge in [0.1, 0.15) is 11.5 Å². The van der Waals surface area contributed by atoms with E-state index in [9.17, 15) is 4.39 Å². The number of nitrogens with one attached hydrogen (secondary N) is 1. The highest BCUT2D eigenvalue weighted by molar-refractivity contribution is 5.68. The quantitative estimate of drug-likeness (QED) is 0.820. The van der Waals surface area contributed by atoms with Gasteiger partial charge in [-0.25, -0.2) is 4.39 Å². The van der Waals surface area contributed by atoms with Gasteiger partial charge in [-0.1, -0.05) is 17.3 Å². The molecule has 0 bridgehead atoms. The number of fused-ring (bicyclic) bond motifs is 1. The molecule has 0 fully saturated rings. The van der Waals surface area contributed by atoms with Gasteiger partial charge in [-0.2, -0.15) is 0 Å². The molecule has 3 nitrogen and oxygen atoms in total. The van der Waals surface area contributed by atoms with Crippen LogP contribution in [0.1, 0.15) is 18.4 Å². The summed E-state index contributed by atoms with van der Waals surface area (Å²) < 4.78 is 18.5. The summed E-state index contributed by atoms with van der Waals surface area (Å²) in [7, 11) is 0. The number of halogens is 1. The Kier molecular flexibility index (Phi) is 2.55. The van der Waals surface area contributed by atoms with Crippen LogP contribution in [0.2, 0.25) is 0 Å². The summed E-state index contributed by atoms with van der Waals surface area (Å²) in [5, 5.41) is 7.25. The number of anilines is 1. The fraction of sp³-hybridized carbons (Fsp3) is 0.308. The van der Waals surface area contributed by atoms with Crippen LogP contribution in [0.15, 0.2) is 28.8 Å². The maximum Gasteiger partial charge on any atom is 0.228 e. The van der Waals surface area contributed by atoms with Gasteiger partial charge in [0.2, 0.25) is 5.88 Å². The monoisotopic (exact) mass is 232 g/mol. The van der Waals surface area contributed by atoms with Gasteiger partial charge < -0.3 is 9.84 Å². The van der Waals surface area contributed by atoms with Crippen molar-refractivity contribution < 1.29 is 8.91 Å². The average molecular weight is 232 g/mol. The third kappa shape index (κ3) is 1.90.